The van der Waals surface area contributed by atoms with Crippen LogP contribution in [0, 0.1) is 0 Å². The van der Waals surface area contributed by atoms with Gasteiger partial charge in [-0.25, -0.2) is 10.8 Å². The molecule has 0 aliphatic carbocycles. The van der Waals surface area contributed by atoms with Gasteiger partial charge in [0.05, 0.1) is 11.8 Å². The van der Waals surface area contributed by atoms with E-state index >= 15 is 0 Å². The maximum atomic E-state index is 13.0. The minimum atomic E-state index is -4.45. The first-order valence-corrected chi connectivity index (χ1v) is 8.74. The second kappa shape index (κ2) is 7.50. The number of thiazole rings is 1. The van der Waals surface area contributed by atoms with Crippen LogP contribution in [0.1, 0.15) is 28.1 Å². The molecule has 1 amide bonds. The molecule has 1 aromatic heterocycles. The van der Waals surface area contributed by atoms with Crippen molar-refractivity contribution in [3.8, 4) is 5.75 Å². The number of halogens is 3. The lowest BCUT2D eigenvalue weighted by Crippen LogP contribution is -2.38. The molecule has 0 atom stereocenters. The molecule has 3 rings (SSSR count). The van der Waals surface area contributed by atoms with Crippen LogP contribution in [0.3, 0.4) is 0 Å². The number of para-hydroxylation sites is 1. The van der Waals surface area contributed by atoms with Crippen molar-refractivity contribution in [1.82, 2.24) is 10.4 Å². The Hall–Kier alpha value is -2.33. The standard InChI is InChI=1S/C16H17F3N4O2S/c17-16(18,19)11-3-1-2-4-12(11)25-10-5-7-23(8-6-10)15-21-9-13(26-15)14(24)22-20/h1-4,9-10H,5-8,20H2,(H,22,24). The number of alkyl halides is 3. The van der Waals surface area contributed by atoms with Crippen molar-refractivity contribution in [2.24, 2.45) is 5.84 Å². The van der Waals surface area contributed by atoms with Crippen LogP contribution in [-0.4, -0.2) is 30.1 Å². The fourth-order valence-electron chi connectivity index (χ4n) is 2.74. The third-order valence-corrected chi connectivity index (χ3v) is 5.10. The topological polar surface area (TPSA) is 80.5 Å². The number of hydrogen-bond donors (Lipinski definition) is 2. The lowest BCUT2D eigenvalue weighted by atomic mass is 10.1. The van der Waals surface area contributed by atoms with Crippen molar-refractivity contribution in [3.63, 3.8) is 0 Å². The summed E-state index contributed by atoms with van der Waals surface area (Å²) >= 11 is 1.22. The first-order valence-electron chi connectivity index (χ1n) is 7.93. The number of nitrogens with one attached hydrogen (secondary N) is 1. The van der Waals surface area contributed by atoms with Crippen LogP contribution in [0.2, 0.25) is 0 Å². The van der Waals surface area contributed by atoms with Crippen LogP contribution < -0.4 is 20.9 Å². The zero-order chi connectivity index (χ0) is 18.7. The van der Waals surface area contributed by atoms with Gasteiger partial charge in [0.1, 0.15) is 16.7 Å². The summed E-state index contributed by atoms with van der Waals surface area (Å²) < 4.78 is 44.8. The maximum Gasteiger partial charge on any atom is 0.419 e. The summed E-state index contributed by atoms with van der Waals surface area (Å²) in [5, 5.41) is 0.678. The number of rotatable bonds is 4. The van der Waals surface area contributed by atoms with E-state index in [0.717, 1.165) is 6.07 Å². The average molecular weight is 386 g/mol. The van der Waals surface area contributed by atoms with Crippen molar-refractivity contribution in [2.45, 2.75) is 25.1 Å². The minimum Gasteiger partial charge on any atom is -0.490 e. The summed E-state index contributed by atoms with van der Waals surface area (Å²) in [6, 6.07) is 5.23. The van der Waals surface area contributed by atoms with Gasteiger partial charge in [-0.3, -0.25) is 10.2 Å². The van der Waals surface area contributed by atoms with Gasteiger partial charge in [0.2, 0.25) is 0 Å². The van der Waals surface area contributed by atoms with E-state index in [4.69, 9.17) is 10.6 Å². The minimum absolute atomic E-state index is 0.144. The number of carbonyl (C=O) groups excluding carboxylic acids is 1. The summed E-state index contributed by atoms with van der Waals surface area (Å²) in [5.74, 6) is 4.54. The smallest absolute Gasteiger partial charge is 0.419 e. The van der Waals surface area contributed by atoms with Gasteiger partial charge in [-0.2, -0.15) is 13.2 Å². The second-order valence-electron chi connectivity index (χ2n) is 5.78. The number of anilines is 1. The molecule has 10 heteroatoms. The van der Waals surface area contributed by atoms with Crippen LogP contribution in [-0.2, 0) is 6.18 Å². The van der Waals surface area contributed by atoms with E-state index in [0.29, 0.717) is 35.9 Å². The Morgan fingerprint density at radius 2 is 2.00 bits per heavy atom. The van der Waals surface area contributed by atoms with E-state index in [-0.39, 0.29) is 11.9 Å². The Morgan fingerprint density at radius 3 is 2.65 bits per heavy atom. The van der Waals surface area contributed by atoms with E-state index in [1.54, 1.807) is 0 Å². The zero-order valence-corrected chi connectivity index (χ0v) is 14.4. The molecule has 6 nitrogen and oxygen atoms in total. The Morgan fingerprint density at radius 1 is 1.31 bits per heavy atom. The molecule has 0 unspecified atom stereocenters. The Kier molecular flexibility index (Phi) is 5.33. The molecule has 1 fully saturated rings. The fourth-order valence-corrected chi connectivity index (χ4v) is 3.61. The lowest BCUT2D eigenvalue weighted by Gasteiger charge is -2.32. The molecule has 2 heterocycles. The first kappa shape index (κ1) is 18.5. The molecule has 0 bridgehead atoms. The van der Waals surface area contributed by atoms with Crippen molar-refractivity contribution in [2.75, 3.05) is 18.0 Å². The van der Waals surface area contributed by atoms with Crippen LogP contribution in [0.5, 0.6) is 5.75 Å². The number of aromatic nitrogens is 1. The summed E-state index contributed by atoms with van der Waals surface area (Å²) in [6.45, 7) is 1.16. The van der Waals surface area contributed by atoms with Gasteiger partial charge in [0, 0.05) is 25.9 Å². The van der Waals surface area contributed by atoms with Gasteiger partial charge < -0.3 is 9.64 Å². The molecule has 1 aliphatic heterocycles. The molecule has 3 N–H and O–H groups in total. The number of hydrogen-bond acceptors (Lipinski definition) is 6. The number of hydrazine groups is 1. The second-order valence-corrected chi connectivity index (χ2v) is 6.79. The highest BCUT2D eigenvalue weighted by Crippen LogP contribution is 2.37. The van der Waals surface area contributed by atoms with Gasteiger partial charge in [-0.15, -0.1) is 0 Å². The molecule has 26 heavy (non-hydrogen) atoms. The molecule has 140 valence electrons. The fraction of sp³-hybridized carbons (Fsp3) is 0.375. The Bertz CT molecular complexity index is 773. The number of piperidine rings is 1. The van der Waals surface area contributed by atoms with Gasteiger partial charge in [0.25, 0.3) is 5.91 Å². The van der Waals surface area contributed by atoms with Crippen LogP contribution >= 0.6 is 11.3 Å². The number of benzene rings is 1. The van der Waals surface area contributed by atoms with Crippen molar-refractivity contribution >= 4 is 22.4 Å². The third kappa shape index (κ3) is 4.07. The third-order valence-electron chi connectivity index (χ3n) is 4.05. The number of nitrogen functional groups attached to an aromatic ring is 1. The normalized spacial score (nSPS) is 15.8. The van der Waals surface area contributed by atoms with Crippen molar-refractivity contribution < 1.29 is 22.7 Å². The quantitative estimate of drug-likeness (QED) is 0.480. The van der Waals surface area contributed by atoms with E-state index in [2.05, 4.69) is 10.4 Å². The first-order chi connectivity index (χ1) is 12.4. The van der Waals surface area contributed by atoms with E-state index in [1.165, 1.54) is 35.7 Å². The molecule has 0 saturated carbocycles. The molecule has 2 aromatic rings. The monoisotopic (exact) mass is 386 g/mol. The zero-order valence-electron chi connectivity index (χ0n) is 13.6. The number of ether oxygens (including phenoxy) is 1. The highest BCUT2D eigenvalue weighted by molar-refractivity contribution is 7.17. The Labute approximate surface area is 151 Å². The summed E-state index contributed by atoms with van der Waals surface area (Å²) in [5.41, 5.74) is 1.29. The molecular weight excluding hydrogens is 369 g/mol. The highest BCUT2D eigenvalue weighted by atomic mass is 32.1. The molecular formula is C16H17F3N4O2S. The van der Waals surface area contributed by atoms with Crippen LogP contribution in [0.25, 0.3) is 0 Å². The predicted molar refractivity (Wildman–Crippen MR) is 91.1 cm³/mol. The number of carbonyl (C=O) groups is 1. The van der Waals surface area contributed by atoms with Gasteiger partial charge in [0.15, 0.2) is 5.13 Å². The molecule has 1 aliphatic rings. The Balaban J connectivity index is 1.61. The van der Waals surface area contributed by atoms with Crippen molar-refractivity contribution in [3.05, 3.63) is 40.9 Å². The SMILES string of the molecule is NNC(=O)c1cnc(N2CCC(Oc3ccccc3C(F)(F)F)CC2)s1. The van der Waals surface area contributed by atoms with E-state index in [1.807, 2.05) is 4.90 Å². The molecule has 0 radical (unpaired) electrons. The average Bonchev–Trinajstić information content (AvgIpc) is 3.11. The highest BCUT2D eigenvalue weighted by Gasteiger charge is 2.35. The largest absolute Gasteiger partial charge is 0.490 e. The van der Waals surface area contributed by atoms with Gasteiger partial charge >= 0.3 is 6.18 Å². The molecule has 0 spiro atoms. The number of amides is 1. The number of nitrogens with zero attached hydrogens (tertiary/aromatic N) is 2. The van der Waals surface area contributed by atoms with E-state index in [9.17, 15) is 18.0 Å². The van der Waals surface area contributed by atoms with Crippen molar-refractivity contribution in [1.29, 1.82) is 0 Å². The molecule has 1 saturated heterocycles. The van der Waals surface area contributed by atoms with E-state index < -0.39 is 17.6 Å². The predicted octanol–water partition coefficient (Wildman–Crippen LogP) is 2.81. The summed E-state index contributed by atoms with van der Waals surface area (Å²) in [7, 11) is 0. The van der Waals surface area contributed by atoms with Gasteiger partial charge in [-0.1, -0.05) is 23.5 Å². The van der Waals surface area contributed by atoms with Crippen LogP contribution in [0.4, 0.5) is 18.3 Å². The molecule has 1 aromatic carbocycles. The van der Waals surface area contributed by atoms with Gasteiger partial charge in [-0.05, 0) is 12.1 Å². The lowest BCUT2D eigenvalue weighted by molar-refractivity contribution is -0.139. The summed E-state index contributed by atoms with van der Waals surface area (Å²) in [6.07, 6.45) is -2.18. The maximum absolute atomic E-state index is 13.0. The van der Waals surface area contributed by atoms with Crippen LogP contribution in [0.15, 0.2) is 30.5 Å². The summed E-state index contributed by atoms with van der Waals surface area (Å²) in [4.78, 5) is 18.1. The number of nitrogens with two attached hydrogens (primary N) is 1.